The first-order valence-electron chi connectivity index (χ1n) is 4.13. The van der Waals surface area contributed by atoms with Gasteiger partial charge in [0.05, 0.1) is 6.61 Å². The molecule has 0 amide bonds. The van der Waals surface area contributed by atoms with E-state index in [2.05, 4.69) is 17.9 Å². The molecule has 0 rings (SSSR count). The van der Waals surface area contributed by atoms with Crippen molar-refractivity contribution in [2.75, 3.05) is 6.61 Å². The summed E-state index contributed by atoms with van der Waals surface area (Å²) in [6.45, 7) is 10.3. The molecule has 88 valence electrons. The van der Waals surface area contributed by atoms with Gasteiger partial charge < -0.3 is 9.84 Å². The molecule has 0 spiro atoms. The van der Waals surface area contributed by atoms with Crippen molar-refractivity contribution in [1.29, 1.82) is 0 Å². The summed E-state index contributed by atoms with van der Waals surface area (Å²) in [4.78, 5) is 19.8. The summed E-state index contributed by atoms with van der Waals surface area (Å²) < 4.78 is 4.58. The first-order chi connectivity index (χ1) is 6.45. The number of hydrogen-bond donors (Lipinski definition) is 1. The third-order valence-corrected chi connectivity index (χ3v) is 0.980. The van der Waals surface area contributed by atoms with Gasteiger partial charge in [-0.15, -0.1) is 0 Å². The van der Waals surface area contributed by atoms with E-state index in [1.165, 1.54) is 6.92 Å². The van der Waals surface area contributed by atoms with E-state index in [1.807, 2.05) is 6.92 Å². The molecule has 0 fully saturated rings. The van der Waals surface area contributed by atoms with Crippen LogP contribution in [0.5, 0.6) is 0 Å². The first-order valence-corrected chi connectivity index (χ1v) is 4.13. The maximum absolute atomic E-state index is 10.2. The van der Waals surface area contributed by atoms with Crippen LogP contribution in [0.25, 0.3) is 0 Å². The highest BCUT2D eigenvalue weighted by molar-refractivity contribution is 6.92. The fourth-order valence-corrected chi connectivity index (χ4v) is 0.262. The summed E-state index contributed by atoms with van der Waals surface area (Å²) >= 11 is 0. The van der Waals surface area contributed by atoms with Crippen molar-refractivity contribution in [3.8, 4) is 0 Å². The largest absolute Gasteiger partial charge is 0.478 e. The molecular weight excluding hydrogens is 215 g/mol. The molecule has 0 aliphatic heterocycles. The molecule has 0 aromatic heterocycles. The average Bonchev–Trinajstić information content (AvgIpc) is 2.14. The molecule has 0 radical (unpaired) electrons. The zero-order chi connectivity index (χ0) is 11.6. The standard InChI is InChI=1S/C6H10O2.C4H6O2.H3P/c1-3-5-8-6(7)4-2;1-3(2)4(5)6;/h4H,2-3,5H2,1H3;1H2,2H3,(H,5,6);1H3. The van der Waals surface area contributed by atoms with E-state index in [1.54, 1.807) is 0 Å². The minimum atomic E-state index is -0.935. The van der Waals surface area contributed by atoms with Crippen molar-refractivity contribution in [3.63, 3.8) is 0 Å². The van der Waals surface area contributed by atoms with Gasteiger partial charge in [-0.3, -0.25) is 0 Å². The molecule has 0 heterocycles. The SMILES string of the molecule is C=C(C)C(=O)O.C=CC(=O)OCCC.P. The van der Waals surface area contributed by atoms with Gasteiger partial charge in [0, 0.05) is 11.6 Å². The molecule has 0 aromatic rings. The molecular formula is C10H19O4P. The first kappa shape index (κ1) is 19.4. The number of carbonyl (C=O) groups excluding carboxylic acids is 1. The van der Waals surface area contributed by atoms with Crippen LogP contribution in [0.3, 0.4) is 0 Å². The van der Waals surface area contributed by atoms with Gasteiger partial charge in [-0.1, -0.05) is 20.1 Å². The Morgan fingerprint density at radius 1 is 1.47 bits per heavy atom. The van der Waals surface area contributed by atoms with Gasteiger partial charge in [0.15, 0.2) is 0 Å². The number of carboxylic acid groups (broad SMARTS) is 1. The lowest BCUT2D eigenvalue weighted by molar-refractivity contribution is -0.137. The minimum Gasteiger partial charge on any atom is -0.478 e. The number of carboxylic acids is 1. The van der Waals surface area contributed by atoms with Gasteiger partial charge >= 0.3 is 11.9 Å². The monoisotopic (exact) mass is 234 g/mol. The molecule has 4 nitrogen and oxygen atoms in total. The van der Waals surface area contributed by atoms with Gasteiger partial charge in [-0.2, -0.15) is 9.90 Å². The van der Waals surface area contributed by atoms with Crippen LogP contribution in [0, 0.1) is 0 Å². The van der Waals surface area contributed by atoms with E-state index >= 15 is 0 Å². The average molecular weight is 234 g/mol. The zero-order valence-corrected chi connectivity index (χ0v) is 10.7. The molecule has 0 aliphatic carbocycles. The van der Waals surface area contributed by atoms with E-state index in [9.17, 15) is 9.59 Å². The Bertz CT molecular complexity index is 211. The van der Waals surface area contributed by atoms with Crippen LogP contribution in [-0.4, -0.2) is 23.7 Å². The molecule has 1 unspecified atom stereocenters. The molecule has 0 aliphatic rings. The Kier molecular flexibility index (Phi) is 16.6. The number of carbonyl (C=O) groups is 2. The van der Waals surface area contributed by atoms with Crippen molar-refractivity contribution in [3.05, 3.63) is 24.8 Å². The quantitative estimate of drug-likeness (QED) is 0.458. The highest BCUT2D eigenvalue weighted by Crippen LogP contribution is 1.81. The lowest BCUT2D eigenvalue weighted by atomic mass is 10.4. The number of aliphatic carboxylic acids is 1. The smallest absolute Gasteiger partial charge is 0.330 e. The number of rotatable bonds is 4. The molecule has 0 saturated carbocycles. The summed E-state index contributed by atoms with van der Waals surface area (Å²) in [7, 11) is 0. The Labute approximate surface area is 93.6 Å². The predicted molar refractivity (Wildman–Crippen MR) is 65.0 cm³/mol. The molecule has 0 saturated heterocycles. The molecule has 15 heavy (non-hydrogen) atoms. The predicted octanol–water partition coefficient (Wildman–Crippen LogP) is 1.83. The number of esters is 1. The second-order valence-electron chi connectivity index (χ2n) is 2.46. The van der Waals surface area contributed by atoms with E-state index < -0.39 is 5.97 Å². The van der Waals surface area contributed by atoms with Crippen LogP contribution in [0.15, 0.2) is 24.8 Å². The molecule has 1 atom stereocenters. The van der Waals surface area contributed by atoms with E-state index in [4.69, 9.17) is 5.11 Å². The summed E-state index contributed by atoms with van der Waals surface area (Å²) in [5, 5.41) is 7.89. The Hall–Kier alpha value is -1.15. The highest BCUT2D eigenvalue weighted by atomic mass is 31.0. The summed E-state index contributed by atoms with van der Waals surface area (Å²) in [5.74, 6) is -1.28. The van der Waals surface area contributed by atoms with Crippen molar-refractivity contribution in [1.82, 2.24) is 0 Å². The normalized spacial score (nSPS) is 7.33. The lowest BCUT2D eigenvalue weighted by Gasteiger charge is -1.94. The third-order valence-electron chi connectivity index (χ3n) is 0.980. The second-order valence-corrected chi connectivity index (χ2v) is 2.46. The number of ether oxygens (including phenoxy) is 1. The maximum Gasteiger partial charge on any atom is 0.330 e. The lowest BCUT2D eigenvalue weighted by Crippen LogP contribution is -1.99. The van der Waals surface area contributed by atoms with Crippen LogP contribution in [-0.2, 0) is 14.3 Å². The van der Waals surface area contributed by atoms with E-state index in [0.717, 1.165) is 12.5 Å². The van der Waals surface area contributed by atoms with Gasteiger partial charge in [0.1, 0.15) is 0 Å². The zero-order valence-electron chi connectivity index (χ0n) is 9.28. The van der Waals surface area contributed by atoms with E-state index in [0.29, 0.717) is 6.61 Å². The Morgan fingerprint density at radius 2 is 1.87 bits per heavy atom. The molecule has 5 heteroatoms. The van der Waals surface area contributed by atoms with Crippen LogP contribution >= 0.6 is 9.90 Å². The fourth-order valence-electron chi connectivity index (χ4n) is 0.262. The van der Waals surface area contributed by atoms with E-state index in [-0.39, 0.29) is 21.4 Å². The number of hydrogen-bond acceptors (Lipinski definition) is 3. The van der Waals surface area contributed by atoms with Crippen LogP contribution in [0.4, 0.5) is 0 Å². The van der Waals surface area contributed by atoms with Crippen molar-refractivity contribution in [2.45, 2.75) is 20.3 Å². The Balaban J connectivity index is -0.000000187. The molecule has 0 bridgehead atoms. The van der Waals surface area contributed by atoms with Crippen molar-refractivity contribution in [2.24, 2.45) is 0 Å². The van der Waals surface area contributed by atoms with Gasteiger partial charge in [-0.05, 0) is 13.3 Å². The van der Waals surface area contributed by atoms with Gasteiger partial charge in [-0.25, -0.2) is 9.59 Å². The Morgan fingerprint density at radius 3 is 2.07 bits per heavy atom. The minimum absolute atomic E-state index is 0. The van der Waals surface area contributed by atoms with Gasteiger partial charge in [0.25, 0.3) is 0 Å². The van der Waals surface area contributed by atoms with Crippen LogP contribution in [0.1, 0.15) is 20.3 Å². The van der Waals surface area contributed by atoms with Crippen molar-refractivity contribution < 1.29 is 19.4 Å². The second kappa shape index (κ2) is 12.8. The van der Waals surface area contributed by atoms with Crippen molar-refractivity contribution >= 4 is 21.8 Å². The summed E-state index contributed by atoms with van der Waals surface area (Å²) in [5.41, 5.74) is 0.176. The maximum atomic E-state index is 10.2. The van der Waals surface area contributed by atoms with Crippen LogP contribution < -0.4 is 0 Å². The van der Waals surface area contributed by atoms with Gasteiger partial charge in [0.2, 0.25) is 0 Å². The third kappa shape index (κ3) is 19.3. The topological polar surface area (TPSA) is 63.6 Å². The molecule has 1 N–H and O–H groups in total. The summed E-state index contributed by atoms with van der Waals surface area (Å²) in [6.07, 6.45) is 2.02. The summed E-state index contributed by atoms with van der Waals surface area (Å²) in [6, 6.07) is 0. The fraction of sp³-hybridized carbons (Fsp3) is 0.400. The molecule has 0 aromatic carbocycles. The highest BCUT2D eigenvalue weighted by Gasteiger charge is 1.90. The van der Waals surface area contributed by atoms with Crippen LogP contribution in [0.2, 0.25) is 0 Å².